The van der Waals surface area contributed by atoms with Gasteiger partial charge in [0.25, 0.3) is 0 Å². The summed E-state index contributed by atoms with van der Waals surface area (Å²) in [6.45, 7) is 0. The number of nitriles is 2. The molecule has 52 valence electrons. The van der Waals surface area contributed by atoms with Crippen molar-refractivity contribution in [3.8, 4) is 12.1 Å². The van der Waals surface area contributed by atoms with Crippen LogP contribution >= 0.6 is 0 Å². The van der Waals surface area contributed by atoms with Gasteiger partial charge in [-0.2, -0.15) is 10.5 Å². The molecule has 2 atom stereocenters. The van der Waals surface area contributed by atoms with Crippen molar-refractivity contribution in [1.29, 1.82) is 10.5 Å². The monoisotopic (exact) mass is 136 g/mol. The maximum Gasteiger partial charge on any atom is 0.157 e. The quantitative estimate of drug-likeness (QED) is 0.467. The normalized spacial score (nSPS) is 38.5. The number of hydrogen-bond acceptors (Lipinski definition) is 4. The zero-order chi connectivity index (χ0) is 7.61. The molecule has 1 aliphatic rings. The Hall–Kier alpha value is -1.10. The molecule has 0 aromatic rings. The molecule has 1 fully saturated rings. The average Bonchev–Trinajstić information content (AvgIpc) is 2.33. The van der Waals surface area contributed by atoms with Crippen LogP contribution in [0, 0.1) is 22.7 Å². The third-order valence-electron chi connectivity index (χ3n) is 1.61. The molecule has 0 aromatic heterocycles. The van der Waals surface area contributed by atoms with Crippen LogP contribution in [-0.4, -0.2) is 11.7 Å². The molecular formula is C6H8N4. The van der Waals surface area contributed by atoms with Crippen molar-refractivity contribution < 1.29 is 0 Å². The lowest BCUT2D eigenvalue weighted by Crippen LogP contribution is -2.49. The first-order valence-corrected chi connectivity index (χ1v) is 3.08. The highest BCUT2D eigenvalue weighted by atomic mass is 15.1. The smallest absolute Gasteiger partial charge is 0.157 e. The van der Waals surface area contributed by atoms with E-state index in [4.69, 9.17) is 16.3 Å². The molecule has 0 aliphatic carbocycles. The minimum atomic E-state index is -0.958. The fraction of sp³-hybridized carbons (Fsp3) is 0.667. The lowest BCUT2D eigenvalue weighted by Gasteiger charge is -2.13. The predicted molar refractivity (Wildman–Crippen MR) is 34.3 cm³/mol. The molecule has 3 N–H and O–H groups in total. The van der Waals surface area contributed by atoms with Crippen LogP contribution in [0.2, 0.25) is 0 Å². The molecule has 0 saturated carbocycles. The molecule has 1 saturated heterocycles. The van der Waals surface area contributed by atoms with Gasteiger partial charge in [0.1, 0.15) is 6.07 Å². The lowest BCUT2D eigenvalue weighted by molar-refractivity contribution is 0.490. The molecule has 1 aliphatic heterocycles. The fourth-order valence-electron chi connectivity index (χ4n) is 1.01. The van der Waals surface area contributed by atoms with Crippen molar-refractivity contribution in [2.24, 2.45) is 5.73 Å². The Morgan fingerprint density at radius 3 is 2.60 bits per heavy atom. The van der Waals surface area contributed by atoms with Gasteiger partial charge in [-0.15, -0.1) is 0 Å². The van der Waals surface area contributed by atoms with Gasteiger partial charge >= 0.3 is 0 Å². The van der Waals surface area contributed by atoms with Crippen LogP contribution in [0.5, 0.6) is 0 Å². The van der Waals surface area contributed by atoms with E-state index in [0.29, 0.717) is 12.8 Å². The summed E-state index contributed by atoms with van der Waals surface area (Å²) >= 11 is 0. The molecule has 1 heterocycles. The number of nitrogens with one attached hydrogen (secondary N) is 1. The molecule has 0 bridgehead atoms. The number of nitrogens with two attached hydrogens (primary N) is 1. The maximum absolute atomic E-state index is 8.49. The van der Waals surface area contributed by atoms with Crippen molar-refractivity contribution in [2.45, 2.75) is 24.5 Å². The minimum absolute atomic E-state index is 0.246. The first-order chi connectivity index (χ1) is 4.70. The van der Waals surface area contributed by atoms with Gasteiger partial charge in [0.15, 0.2) is 5.66 Å². The van der Waals surface area contributed by atoms with Gasteiger partial charge in [-0.3, -0.25) is 5.32 Å². The Kier molecular flexibility index (Phi) is 1.58. The summed E-state index contributed by atoms with van der Waals surface area (Å²) in [6, 6.07) is 3.69. The van der Waals surface area contributed by atoms with Crippen LogP contribution in [0.25, 0.3) is 0 Å². The van der Waals surface area contributed by atoms with E-state index in [1.165, 1.54) is 0 Å². The highest BCUT2D eigenvalue weighted by Gasteiger charge is 2.34. The summed E-state index contributed by atoms with van der Waals surface area (Å²) < 4.78 is 0. The molecule has 4 nitrogen and oxygen atoms in total. The second-order valence-electron chi connectivity index (χ2n) is 2.45. The second-order valence-corrected chi connectivity index (χ2v) is 2.45. The number of nitrogens with zero attached hydrogens (tertiary/aromatic N) is 2. The summed E-state index contributed by atoms with van der Waals surface area (Å²) in [5, 5.41) is 19.6. The molecule has 2 unspecified atom stereocenters. The predicted octanol–water partition coefficient (Wildman–Crippen LogP) is -0.559. The third kappa shape index (κ3) is 1.08. The first kappa shape index (κ1) is 7.01. The zero-order valence-electron chi connectivity index (χ0n) is 5.46. The Morgan fingerprint density at radius 1 is 1.60 bits per heavy atom. The van der Waals surface area contributed by atoms with Crippen LogP contribution in [0.1, 0.15) is 12.8 Å². The minimum Gasteiger partial charge on any atom is -0.301 e. The topological polar surface area (TPSA) is 85.6 Å². The summed E-state index contributed by atoms with van der Waals surface area (Å²) in [5.41, 5.74) is 4.54. The van der Waals surface area contributed by atoms with E-state index >= 15 is 0 Å². The number of rotatable bonds is 0. The van der Waals surface area contributed by atoms with Crippen LogP contribution in [0.4, 0.5) is 0 Å². The van der Waals surface area contributed by atoms with Crippen LogP contribution < -0.4 is 11.1 Å². The van der Waals surface area contributed by atoms with E-state index < -0.39 is 5.66 Å². The van der Waals surface area contributed by atoms with E-state index in [1.54, 1.807) is 0 Å². The van der Waals surface area contributed by atoms with Gasteiger partial charge in [-0.05, 0) is 12.8 Å². The van der Waals surface area contributed by atoms with Gasteiger partial charge in [0.05, 0.1) is 12.1 Å². The highest BCUT2D eigenvalue weighted by molar-refractivity contribution is 5.12. The summed E-state index contributed by atoms with van der Waals surface area (Å²) in [6.07, 6.45) is 1.22. The summed E-state index contributed by atoms with van der Waals surface area (Å²) in [5.74, 6) is 0. The Bertz CT molecular complexity index is 211. The standard InChI is InChI=1S/C6H8N4/c7-3-5-1-2-6(9,4-8)10-5/h5,10H,1-2,9H2. The van der Waals surface area contributed by atoms with E-state index in [-0.39, 0.29) is 6.04 Å². The van der Waals surface area contributed by atoms with E-state index in [9.17, 15) is 0 Å². The van der Waals surface area contributed by atoms with Crippen LogP contribution in [0.15, 0.2) is 0 Å². The van der Waals surface area contributed by atoms with Crippen molar-refractivity contribution in [3.05, 3.63) is 0 Å². The number of hydrogen-bond donors (Lipinski definition) is 2. The second kappa shape index (κ2) is 2.26. The molecular weight excluding hydrogens is 128 g/mol. The molecule has 10 heavy (non-hydrogen) atoms. The van der Waals surface area contributed by atoms with Crippen molar-refractivity contribution in [1.82, 2.24) is 5.32 Å². The third-order valence-corrected chi connectivity index (χ3v) is 1.61. The Morgan fingerprint density at radius 2 is 2.30 bits per heavy atom. The summed E-state index contributed by atoms with van der Waals surface area (Å²) in [4.78, 5) is 0. The fourth-order valence-corrected chi connectivity index (χ4v) is 1.01. The van der Waals surface area contributed by atoms with Gasteiger partial charge in [-0.1, -0.05) is 0 Å². The van der Waals surface area contributed by atoms with Crippen molar-refractivity contribution in [2.75, 3.05) is 0 Å². The van der Waals surface area contributed by atoms with Gasteiger partial charge in [0.2, 0.25) is 0 Å². The van der Waals surface area contributed by atoms with Crippen molar-refractivity contribution in [3.63, 3.8) is 0 Å². The Labute approximate surface area is 59.2 Å². The maximum atomic E-state index is 8.49. The van der Waals surface area contributed by atoms with E-state index in [0.717, 1.165) is 0 Å². The molecule has 4 heteroatoms. The van der Waals surface area contributed by atoms with Crippen molar-refractivity contribution >= 4 is 0 Å². The lowest BCUT2D eigenvalue weighted by atomic mass is 10.1. The Balaban J connectivity index is 2.62. The molecule has 0 spiro atoms. The molecule has 1 rings (SSSR count). The van der Waals surface area contributed by atoms with Crippen LogP contribution in [0.3, 0.4) is 0 Å². The molecule has 0 amide bonds. The zero-order valence-corrected chi connectivity index (χ0v) is 5.46. The average molecular weight is 136 g/mol. The SMILES string of the molecule is N#CC1CCC(N)(C#N)N1. The van der Waals surface area contributed by atoms with Gasteiger partial charge in [-0.25, -0.2) is 0 Å². The van der Waals surface area contributed by atoms with Gasteiger partial charge in [0, 0.05) is 0 Å². The summed E-state index contributed by atoms with van der Waals surface area (Å²) in [7, 11) is 0. The largest absolute Gasteiger partial charge is 0.301 e. The first-order valence-electron chi connectivity index (χ1n) is 3.08. The molecule has 0 aromatic carbocycles. The van der Waals surface area contributed by atoms with Gasteiger partial charge < -0.3 is 5.73 Å². The van der Waals surface area contributed by atoms with Crippen LogP contribution in [-0.2, 0) is 0 Å². The van der Waals surface area contributed by atoms with E-state index in [2.05, 4.69) is 5.32 Å². The van der Waals surface area contributed by atoms with E-state index in [1.807, 2.05) is 12.1 Å². The molecule has 0 radical (unpaired) electrons. The highest BCUT2D eigenvalue weighted by Crippen LogP contribution is 2.16.